The summed E-state index contributed by atoms with van der Waals surface area (Å²) in [6, 6.07) is 4.70. The van der Waals surface area contributed by atoms with Gasteiger partial charge in [-0.3, -0.25) is 4.90 Å². The molecular weight excluding hydrogens is 292 g/mol. The third kappa shape index (κ3) is 4.34. The van der Waals surface area contributed by atoms with Crippen molar-refractivity contribution in [2.75, 3.05) is 20.3 Å². The minimum absolute atomic E-state index is 0.558. The third-order valence-corrected chi connectivity index (χ3v) is 3.55. The quantitative estimate of drug-likeness (QED) is 0.800. The van der Waals surface area contributed by atoms with Crippen molar-refractivity contribution in [3.8, 4) is 0 Å². The molecule has 0 spiro atoms. The fraction of sp³-hybridized carbons (Fsp3) is 0.643. The Hall–Kier alpha value is -0.450. The summed E-state index contributed by atoms with van der Waals surface area (Å²) in [5.74, 6) is 0. The maximum Gasteiger partial charge on any atom is 0.106 e. The maximum atomic E-state index is 5.40. The molecule has 3 nitrogen and oxygen atoms in total. The molecule has 2 heterocycles. The van der Waals surface area contributed by atoms with Crippen molar-refractivity contribution in [3.05, 3.63) is 28.0 Å². The normalized spacial score (nSPS) is 18.7. The van der Waals surface area contributed by atoms with Crippen LogP contribution < -0.4 is 0 Å². The monoisotopic (exact) mass is 314 g/mol. The van der Waals surface area contributed by atoms with Crippen molar-refractivity contribution in [1.29, 1.82) is 0 Å². The average molecular weight is 315 g/mol. The number of nitrogens with zero attached hydrogens (tertiary/aromatic N) is 2. The second-order valence-corrected chi connectivity index (χ2v) is 5.12. The smallest absolute Gasteiger partial charge is 0.106 e. The van der Waals surface area contributed by atoms with E-state index in [4.69, 9.17) is 4.74 Å². The summed E-state index contributed by atoms with van der Waals surface area (Å²) >= 11 is 3.38. The van der Waals surface area contributed by atoms with Gasteiger partial charge in [-0.1, -0.05) is 19.9 Å². The van der Waals surface area contributed by atoms with Gasteiger partial charge in [-0.2, -0.15) is 0 Å². The standard InChI is InChI=1S/C12H17BrN2O.C2H6/c1-9-10(3-4-12(13)14-9)7-15(2)11-5-6-16-8-11;1-2/h3-4,11H,5-8H2,1-2H3;1-2H3. The van der Waals surface area contributed by atoms with Crippen LogP contribution in [0.3, 0.4) is 0 Å². The van der Waals surface area contributed by atoms with E-state index in [-0.39, 0.29) is 0 Å². The maximum absolute atomic E-state index is 5.40. The first-order valence-electron chi connectivity index (χ1n) is 6.57. The lowest BCUT2D eigenvalue weighted by Crippen LogP contribution is -2.31. The van der Waals surface area contributed by atoms with Crippen molar-refractivity contribution in [1.82, 2.24) is 9.88 Å². The molecule has 0 radical (unpaired) electrons. The summed E-state index contributed by atoms with van der Waals surface area (Å²) in [4.78, 5) is 6.76. The van der Waals surface area contributed by atoms with Gasteiger partial charge >= 0.3 is 0 Å². The van der Waals surface area contributed by atoms with Crippen LogP contribution in [0.5, 0.6) is 0 Å². The van der Waals surface area contributed by atoms with Gasteiger partial charge in [-0.15, -0.1) is 0 Å². The topological polar surface area (TPSA) is 25.4 Å². The number of aromatic nitrogens is 1. The van der Waals surface area contributed by atoms with E-state index in [2.05, 4.69) is 45.9 Å². The Morgan fingerprint density at radius 2 is 2.17 bits per heavy atom. The molecule has 1 unspecified atom stereocenters. The number of halogens is 1. The molecule has 0 aliphatic carbocycles. The average Bonchev–Trinajstić information content (AvgIpc) is 2.89. The minimum Gasteiger partial charge on any atom is -0.380 e. The van der Waals surface area contributed by atoms with Gasteiger partial charge in [0.1, 0.15) is 4.60 Å². The molecule has 0 N–H and O–H groups in total. The molecule has 1 saturated heterocycles. The van der Waals surface area contributed by atoms with E-state index in [1.165, 1.54) is 5.56 Å². The molecule has 2 rings (SSSR count). The molecule has 18 heavy (non-hydrogen) atoms. The van der Waals surface area contributed by atoms with Crippen molar-refractivity contribution < 1.29 is 4.74 Å². The zero-order valence-electron chi connectivity index (χ0n) is 11.7. The second-order valence-electron chi connectivity index (χ2n) is 4.31. The summed E-state index contributed by atoms with van der Waals surface area (Å²) in [5, 5.41) is 0. The SMILES string of the molecule is CC.Cc1nc(Br)ccc1CN(C)C1CCOC1. The fourth-order valence-electron chi connectivity index (χ4n) is 1.99. The van der Waals surface area contributed by atoms with Crippen LogP contribution in [0, 0.1) is 6.92 Å². The number of likely N-dealkylation sites (N-methyl/N-ethyl adjacent to an activating group) is 1. The van der Waals surface area contributed by atoms with E-state index in [0.717, 1.165) is 36.5 Å². The number of pyridine rings is 1. The van der Waals surface area contributed by atoms with E-state index in [1.54, 1.807) is 0 Å². The van der Waals surface area contributed by atoms with E-state index in [9.17, 15) is 0 Å². The highest BCUT2D eigenvalue weighted by atomic mass is 79.9. The molecule has 0 aromatic carbocycles. The summed E-state index contributed by atoms with van der Waals surface area (Å²) in [6.45, 7) is 8.76. The van der Waals surface area contributed by atoms with Crippen LogP contribution in [-0.4, -0.2) is 36.2 Å². The van der Waals surface area contributed by atoms with Crippen LogP contribution in [-0.2, 0) is 11.3 Å². The first-order chi connectivity index (χ1) is 8.66. The Morgan fingerprint density at radius 3 is 2.72 bits per heavy atom. The zero-order chi connectivity index (χ0) is 13.5. The Bertz CT molecular complexity index is 365. The molecule has 102 valence electrons. The summed E-state index contributed by atoms with van der Waals surface area (Å²) in [6.07, 6.45) is 1.14. The minimum atomic E-state index is 0.558. The number of rotatable bonds is 3. The molecule has 1 aliphatic heterocycles. The number of hydrogen-bond acceptors (Lipinski definition) is 3. The van der Waals surface area contributed by atoms with Gasteiger partial charge in [0.2, 0.25) is 0 Å². The van der Waals surface area contributed by atoms with Crippen LogP contribution in [0.15, 0.2) is 16.7 Å². The summed E-state index contributed by atoms with van der Waals surface area (Å²) < 4.78 is 6.30. The highest BCUT2D eigenvalue weighted by molar-refractivity contribution is 9.10. The van der Waals surface area contributed by atoms with Gasteiger partial charge in [0.25, 0.3) is 0 Å². The molecule has 1 aromatic heterocycles. The van der Waals surface area contributed by atoms with E-state index in [1.807, 2.05) is 19.9 Å². The molecule has 1 aromatic rings. The third-order valence-electron chi connectivity index (χ3n) is 3.11. The Labute approximate surface area is 119 Å². The fourth-order valence-corrected chi connectivity index (χ4v) is 2.39. The first kappa shape index (κ1) is 15.6. The van der Waals surface area contributed by atoms with Crippen LogP contribution in [0.25, 0.3) is 0 Å². The van der Waals surface area contributed by atoms with Crippen molar-refractivity contribution >= 4 is 15.9 Å². The van der Waals surface area contributed by atoms with E-state index < -0.39 is 0 Å². The van der Waals surface area contributed by atoms with Crippen molar-refractivity contribution in [2.24, 2.45) is 0 Å². The van der Waals surface area contributed by atoms with Crippen LogP contribution in [0.1, 0.15) is 31.5 Å². The number of aryl methyl sites for hydroxylation is 1. The molecule has 4 heteroatoms. The van der Waals surface area contributed by atoms with Gasteiger partial charge in [-0.05, 0) is 48.0 Å². The van der Waals surface area contributed by atoms with Crippen molar-refractivity contribution in [2.45, 2.75) is 39.8 Å². The molecule has 1 aliphatic rings. The second kappa shape index (κ2) is 7.87. The molecule has 0 bridgehead atoms. The molecule has 1 atom stereocenters. The largest absolute Gasteiger partial charge is 0.380 e. The van der Waals surface area contributed by atoms with Gasteiger partial charge in [0, 0.05) is 24.9 Å². The molecule has 0 amide bonds. The van der Waals surface area contributed by atoms with Gasteiger partial charge < -0.3 is 4.74 Å². The van der Waals surface area contributed by atoms with E-state index >= 15 is 0 Å². The number of hydrogen-bond donors (Lipinski definition) is 0. The van der Waals surface area contributed by atoms with Gasteiger partial charge in [0.05, 0.1) is 6.61 Å². The number of ether oxygens (including phenoxy) is 1. The van der Waals surface area contributed by atoms with Crippen LogP contribution >= 0.6 is 15.9 Å². The molecular formula is C14H23BrN2O. The Morgan fingerprint density at radius 1 is 1.44 bits per heavy atom. The zero-order valence-corrected chi connectivity index (χ0v) is 13.3. The predicted molar refractivity (Wildman–Crippen MR) is 78.7 cm³/mol. The van der Waals surface area contributed by atoms with Crippen molar-refractivity contribution in [3.63, 3.8) is 0 Å². The lowest BCUT2D eigenvalue weighted by atomic mass is 10.1. The van der Waals surface area contributed by atoms with Crippen LogP contribution in [0.4, 0.5) is 0 Å². The highest BCUT2D eigenvalue weighted by Gasteiger charge is 2.20. The highest BCUT2D eigenvalue weighted by Crippen LogP contribution is 2.17. The lowest BCUT2D eigenvalue weighted by molar-refractivity contribution is 0.156. The van der Waals surface area contributed by atoms with E-state index in [0.29, 0.717) is 6.04 Å². The molecule has 1 fully saturated rings. The molecule has 0 saturated carbocycles. The summed E-state index contributed by atoms with van der Waals surface area (Å²) in [7, 11) is 2.15. The lowest BCUT2D eigenvalue weighted by Gasteiger charge is -2.23. The Balaban J connectivity index is 0.000000771. The van der Waals surface area contributed by atoms with Gasteiger partial charge in [0.15, 0.2) is 0 Å². The van der Waals surface area contributed by atoms with Crippen LogP contribution in [0.2, 0.25) is 0 Å². The van der Waals surface area contributed by atoms with Gasteiger partial charge in [-0.25, -0.2) is 4.98 Å². The predicted octanol–water partition coefficient (Wildman–Crippen LogP) is 3.40. The summed E-state index contributed by atoms with van der Waals surface area (Å²) in [5.41, 5.74) is 2.39. The first-order valence-corrected chi connectivity index (χ1v) is 7.36. The Kier molecular flexibility index (Phi) is 6.82.